The van der Waals surface area contributed by atoms with E-state index in [0.29, 0.717) is 50.6 Å². The van der Waals surface area contributed by atoms with Crippen LogP contribution in [0.4, 0.5) is 0 Å². The molecule has 2 heterocycles. The number of nitrogens with zero attached hydrogens (tertiary/aromatic N) is 1. The highest BCUT2D eigenvalue weighted by Gasteiger charge is 2.26. The van der Waals surface area contributed by atoms with Gasteiger partial charge in [0, 0.05) is 13.1 Å². The largest absolute Gasteiger partial charge is 0.493 e. The van der Waals surface area contributed by atoms with Crippen molar-refractivity contribution in [3.63, 3.8) is 0 Å². The fourth-order valence-electron chi connectivity index (χ4n) is 3.36. The van der Waals surface area contributed by atoms with E-state index in [-0.39, 0.29) is 12.2 Å². The third kappa shape index (κ3) is 1.95. The minimum atomic E-state index is -0.167. The molecule has 25 heavy (non-hydrogen) atoms. The van der Waals surface area contributed by atoms with Gasteiger partial charge >= 0.3 is 0 Å². The molecule has 0 saturated carbocycles. The molecule has 7 nitrogen and oxygen atoms in total. The molecule has 0 aliphatic carbocycles. The summed E-state index contributed by atoms with van der Waals surface area (Å²) in [4.78, 5) is 13.2. The van der Waals surface area contributed by atoms with E-state index >= 15 is 0 Å². The van der Waals surface area contributed by atoms with Gasteiger partial charge in [0.15, 0.2) is 23.0 Å². The highest BCUT2D eigenvalue weighted by atomic mass is 16.7. The quantitative estimate of drug-likeness (QED) is 0.681. The highest BCUT2D eigenvalue weighted by molar-refractivity contribution is 6.01. The number of hydrogen-bond acceptors (Lipinski definition) is 6. The molecule has 1 aromatic heterocycles. The predicted molar refractivity (Wildman–Crippen MR) is 92.5 cm³/mol. The molecule has 0 saturated heterocycles. The Morgan fingerprint density at radius 3 is 2.48 bits per heavy atom. The summed E-state index contributed by atoms with van der Waals surface area (Å²) >= 11 is 0. The lowest BCUT2D eigenvalue weighted by atomic mass is 10.1. The number of hydrogen-bond donors (Lipinski definition) is 0. The molecule has 1 aliphatic rings. The minimum Gasteiger partial charge on any atom is -0.493 e. The SMILES string of the molecule is COc1ccc2c(=O)c3c(OC)c4c(cc3n(C)c2c1OC)OCO4. The average Bonchev–Trinajstić information content (AvgIpc) is 3.11. The number of ether oxygens (including phenoxy) is 5. The van der Waals surface area contributed by atoms with E-state index in [1.807, 2.05) is 11.6 Å². The van der Waals surface area contributed by atoms with Crippen LogP contribution in [0.25, 0.3) is 21.8 Å². The number of fused-ring (bicyclic) bond motifs is 3. The van der Waals surface area contributed by atoms with Crippen LogP contribution in [-0.4, -0.2) is 32.7 Å². The zero-order chi connectivity index (χ0) is 17.7. The standard InChI is InChI=1S/C18H17NO6/c1-19-10-7-12-17(25-8-24-12)18(23-4)13(10)15(20)9-5-6-11(21-2)16(22-3)14(9)19/h5-7H,8H2,1-4H3. The molecule has 0 radical (unpaired) electrons. The fourth-order valence-corrected chi connectivity index (χ4v) is 3.36. The molecule has 1 aliphatic heterocycles. The molecule has 0 fully saturated rings. The lowest BCUT2D eigenvalue weighted by Gasteiger charge is -2.17. The van der Waals surface area contributed by atoms with E-state index in [1.165, 1.54) is 7.11 Å². The summed E-state index contributed by atoms with van der Waals surface area (Å²) in [7, 11) is 6.47. The van der Waals surface area contributed by atoms with Gasteiger partial charge in [-0.05, 0) is 12.1 Å². The Labute approximate surface area is 143 Å². The first-order chi connectivity index (χ1) is 12.1. The second kappa shape index (κ2) is 5.47. The van der Waals surface area contributed by atoms with E-state index in [2.05, 4.69) is 0 Å². The Morgan fingerprint density at radius 2 is 1.80 bits per heavy atom. The van der Waals surface area contributed by atoms with Crippen molar-refractivity contribution in [2.45, 2.75) is 0 Å². The van der Waals surface area contributed by atoms with Crippen molar-refractivity contribution in [2.75, 3.05) is 28.1 Å². The molecule has 7 heteroatoms. The van der Waals surface area contributed by atoms with Crippen LogP contribution in [0, 0.1) is 0 Å². The molecule has 2 aromatic carbocycles. The van der Waals surface area contributed by atoms with Gasteiger partial charge in [-0.15, -0.1) is 0 Å². The molecule has 0 unspecified atom stereocenters. The monoisotopic (exact) mass is 343 g/mol. The Hall–Kier alpha value is -3.09. The second-order valence-electron chi connectivity index (χ2n) is 5.62. The summed E-state index contributed by atoms with van der Waals surface area (Å²) in [6.45, 7) is 0.0938. The second-order valence-corrected chi connectivity index (χ2v) is 5.62. The van der Waals surface area contributed by atoms with Crippen LogP contribution < -0.4 is 29.1 Å². The Kier molecular flexibility index (Phi) is 3.38. The van der Waals surface area contributed by atoms with Gasteiger partial charge in [0.25, 0.3) is 0 Å². The molecular weight excluding hydrogens is 326 g/mol. The number of pyridine rings is 1. The smallest absolute Gasteiger partial charge is 0.231 e. The van der Waals surface area contributed by atoms with Gasteiger partial charge in [0.1, 0.15) is 0 Å². The summed E-state index contributed by atoms with van der Waals surface area (Å²) in [5.41, 5.74) is 1.13. The van der Waals surface area contributed by atoms with E-state index in [4.69, 9.17) is 23.7 Å². The van der Waals surface area contributed by atoms with Crippen LogP contribution in [0.2, 0.25) is 0 Å². The zero-order valence-electron chi connectivity index (χ0n) is 14.3. The molecular formula is C18H17NO6. The third-order valence-corrected chi connectivity index (χ3v) is 4.49. The lowest BCUT2D eigenvalue weighted by Crippen LogP contribution is -2.12. The number of aryl methyl sites for hydroxylation is 1. The molecule has 3 aromatic rings. The van der Waals surface area contributed by atoms with Gasteiger partial charge in [0.2, 0.25) is 18.0 Å². The first-order valence-corrected chi connectivity index (χ1v) is 7.66. The molecule has 4 rings (SSSR count). The summed E-state index contributed by atoms with van der Waals surface area (Å²) in [6.07, 6.45) is 0. The fraction of sp³-hybridized carbons (Fsp3) is 0.278. The number of methoxy groups -OCH3 is 3. The van der Waals surface area contributed by atoms with Crippen molar-refractivity contribution in [2.24, 2.45) is 7.05 Å². The van der Waals surface area contributed by atoms with Gasteiger partial charge < -0.3 is 28.3 Å². The third-order valence-electron chi connectivity index (χ3n) is 4.49. The highest BCUT2D eigenvalue weighted by Crippen LogP contribution is 2.46. The maximum atomic E-state index is 13.2. The van der Waals surface area contributed by atoms with Crippen LogP contribution in [0.1, 0.15) is 0 Å². The Bertz CT molecular complexity index is 1070. The number of rotatable bonds is 3. The van der Waals surface area contributed by atoms with Crippen molar-refractivity contribution in [1.82, 2.24) is 4.57 Å². The van der Waals surface area contributed by atoms with Gasteiger partial charge in [-0.3, -0.25) is 4.79 Å². The minimum absolute atomic E-state index is 0.0938. The average molecular weight is 343 g/mol. The van der Waals surface area contributed by atoms with Crippen molar-refractivity contribution in [1.29, 1.82) is 0 Å². The zero-order valence-corrected chi connectivity index (χ0v) is 14.3. The van der Waals surface area contributed by atoms with Gasteiger partial charge in [0.05, 0.1) is 43.1 Å². The Morgan fingerprint density at radius 1 is 1.04 bits per heavy atom. The van der Waals surface area contributed by atoms with Crippen molar-refractivity contribution < 1.29 is 23.7 Å². The Balaban J connectivity index is 2.27. The number of aromatic nitrogens is 1. The van der Waals surface area contributed by atoms with E-state index in [9.17, 15) is 4.79 Å². The van der Waals surface area contributed by atoms with Crippen LogP contribution in [0.3, 0.4) is 0 Å². The van der Waals surface area contributed by atoms with Crippen molar-refractivity contribution >= 4 is 21.8 Å². The van der Waals surface area contributed by atoms with Crippen LogP contribution >= 0.6 is 0 Å². The van der Waals surface area contributed by atoms with E-state index in [0.717, 1.165) is 0 Å². The van der Waals surface area contributed by atoms with Gasteiger partial charge in [-0.2, -0.15) is 0 Å². The molecule has 130 valence electrons. The van der Waals surface area contributed by atoms with Gasteiger partial charge in [-0.25, -0.2) is 0 Å². The van der Waals surface area contributed by atoms with Gasteiger partial charge in [-0.1, -0.05) is 0 Å². The molecule has 0 spiro atoms. The maximum Gasteiger partial charge on any atom is 0.231 e. The normalized spacial score (nSPS) is 12.6. The van der Waals surface area contributed by atoms with Crippen LogP contribution in [0.15, 0.2) is 23.0 Å². The summed E-state index contributed by atoms with van der Waals surface area (Å²) in [6, 6.07) is 5.22. The van der Waals surface area contributed by atoms with Crippen LogP contribution in [0.5, 0.6) is 28.7 Å². The summed E-state index contributed by atoms with van der Waals surface area (Å²) in [5.74, 6) is 2.42. The summed E-state index contributed by atoms with van der Waals surface area (Å²) < 4.78 is 29.2. The van der Waals surface area contributed by atoms with E-state index < -0.39 is 0 Å². The molecule has 0 bridgehead atoms. The molecule has 0 N–H and O–H groups in total. The first kappa shape index (κ1) is 15.4. The maximum absolute atomic E-state index is 13.2. The lowest BCUT2D eigenvalue weighted by molar-refractivity contribution is 0.171. The van der Waals surface area contributed by atoms with Crippen molar-refractivity contribution in [3.05, 3.63) is 28.4 Å². The number of benzene rings is 2. The van der Waals surface area contributed by atoms with E-state index in [1.54, 1.807) is 32.4 Å². The predicted octanol–water partition coefficient (Wildman–Crippen LogP) is 2.45. The topological polar surface area (TPSA) is 68.2 Å². The first-order valence-electron chi connectivity index (χ1n) is 7.66. The summed E-state index contributed by atoms with van der Waals surface area (Å²) in [5, 5.41) is 0.943. The van der Waals surface area contributed by atoms with Crippen molar-refractivity contribution in [3.8, 4) is 28.7 Å². The van der Waals surface area contributed by atoms with Crippen LogP contribution in [-0.2, 0) is 7.05 Å². The molecule has 0 atom stereocenters. The molecule has 0 amide bonds.